The number of anilines is 1. The van der Waals surface area contributed by atoms with Gasteiger partial charge in [-0.2, -0.15) is 0 Å². The van der Waals surface area contributed by atoms with Crippen LogP contribution in [0.5, 0.6) is 0 Å². The van der Waals surface area contributed by atoms with E-state index in [-0.39, 0.29) is 30.7 Å². The summed E-state index contributed by atoms with van der Waals surface area (Å²) in [7, 11) is 0. The Bertz CT molecular complexity index is 673. The number of carbonyl (C=O) groups is 2. The number of aryl methyl sites for hydroxylation is 1. The van der Waals surface area contributed by atoms with Gasteiger partial charge in [0.2, 0.25) is 5.91 Å². The van der Waals surface area contributed by atoms with Gasteiger partial charge in [-0.25, -0.2) is 4.98 Å². The minimum atomic E-state index is -0.243. The normalized spacial score (nSPS) is 10.4. The molecule has 2 N–H and O–H groups in total. The highest BCUT2D eigenvalue weighted by Crippen LogP contribution is 2.17. The predicted octanol–water partition coefficient (Wildman–Crippen LogP) is 2.17. The second-order valence-electron chi connectivity index (χ2n) is 5.18. The summed E-state index contributed by atoms with van der Waals surface area (Å²) in [5.41, 5.74) is 1.39. The van der Waals surface area contributed by atoms with E-state index in [0.29, 0.717) is 24.5 Å². The number of carbonyl (C=O) groups excluding carboxylic acids is 2. The fourth-order valence-corrected chi connectivity index (χ4v) is 2.90. The van der Waals surface area contributed by atoms with Crippen molar-refractivity contribution in [2.45, 2.75) is 19.8 Å². The van der Waals surface area contributed by atoms with E-state index in [0.717, 1.165) is 5.56 Å². The standard InChI is InChI=1S/C17H21N3O3S/c1-2-20(10-11-21)16(23)14-12-24-17(18-14)19-15(22)9-8-13-6-4-3-5-7-13/h3-7,12,21H,2,8-11H2,1H3,(H,18,19,22). The molecule has 0 aliphatic heterocycles. The summed E-state index contributed by atoms with van der Waals surface area (Å²) in [6, 6.07) is 9.78. The minimum Gasteiger partial charge on any atom is -0.395 e. The van der Waals surface area contributed by atoms with Crippen LogP contribution in [0, 0.1) is 0 Å². The number of nitrogens with one attached hydrogen (secondary N) is 1. The van der Waals surface area contributed by atoms with Crippen LogP contribution in [0.15, 0.2) is 35.7 Å². The van der Waals surface area contributed by atoms with E-state index in [1.807, 2.05) is 37.3 Å². The Labute approximate surface area is 145 Å². The van der Waals surface area contributed by atoms with Gasteiger partial charge in [-0.15, -0.1) is 11.3 Å². The molecule has 0 saturated heterocycles. The third-order valence-corrected chi connectivity index (χ3v) is 4.25. The Balaban J connectivity index is 1.88. The molecule has 0 radical (unpaired) electrons. The second kappa shape index (κ2) is 9.14. The molecule has 1 aromatic carbocycles. The number of likely N-dealkylation sites (N-methyl/N-ethyl adjacent to an activating group) is 1. The number of amides is 2. The predicted molar refractivity (Wildman–Crippen MR) is 94.2 cm³/mol. The van der Waals surface area contributed by atoms with Gasteiger partial charge in [0.05, 0.1) is 6.61 Å². The zero-order valence-electron chi connectivity index (χ0n) is 13.6. The SMILES string of the molecule is CCN(CCO)C(=O)c1csc(NC(=O)CCc2ccccc2)n1. The van der Waals surface area contributed by atoms with E-state index in [4.69, 9.17) is 5.11 Å². The van der Waals surface area contributed by atoms with Crippen LogP contribution >= 0.6 is 11.3 Å². The summed E-state index contributed by atoms with van der Waals surface area (Å²) in [6.07, 6.45) is 1.02. The third-order valence-electron chi connectivity index (χ3n) is 3.49. The quantitative estimate of drug-likeness (QED) is 0.767. The van der Waals surface area contributed by atoms with Crippen molar-refractivity contribution in [1.29, 1.82) is 0 Å². The molecule has 2 amide bonds. The Morgan fingerprint density at radius 3 is 2.71 bits per heavy atom. The highest BCUT2D eigenvalue weighted by atomic mass is 32.1. The van der Waals surface area contributed by atoms with Crippen LogP contribution in [-0.4, -0.2) is 46.5 Å². The number of nitrogens with zero attached hydrogens (tertiary/aromatic N) is 2. The maximum absolute atomic E-state index is 12.2. The Morgan fingerprint density at radius 2 is 2.04 bits per heavy atom. The van der Waals surface area contributed by atoms with Crippen molar-refractivity contribution in [3.63, 3.8) is 0 Å². The molecule has 7 heteroatoms. The number of aliphatic hydroxyl groups is 1. The molecule has 0 saturated carbocycles. The van der Waals surface area contributed by atoms with Crippen molar-refractivity contribution in [3.05, 3.63) is 47.0 Å². The molecule has 128 valence electrons. The lowest BCUT2D eigenvalue weighted by molar-refractivity contribution is -0.116. The van der Waals surface area contributed by atoms with Crippen molar-refractivity contribution in [1.82, 2.24) is 9.88 Å². The molecule has 0 unspecified atom stereocenters. The van der Waals surface area contributed by atoms with Crippen LogP contribution in [0.4, 0.5) is 5.13 Å². The average Bonchev–Trinajstić information content (AvgIpc) is 3.06. The third kappa shape index (κ3) is 5.14. The molecular weight excluding hydrogens is 326 g/mol. The highest BCUT2D eigenvalue weighted by Gasteiger charge is 2.17. The number of aromatic nitrogens is 1. The maximum Gasteiger partial charge on any atom is 0.273 e. The minimum absolute atomic E-state index is 0.0905. The molecule has 0 fully saturated rings. The summed E-state index contributed by atoms with van der Waals surface area (Å²) >= 11 is 1.22. The van der Waals surface area contributed by atoms with E-state index >= 15 is 0 Å². The van der Waals surface area contributed by atoms with Gasteiger partial charge in [0.25, 0.3) is 5.91 Å². The summed E-state index contributed by atoms with van der Waals surface area (Å²) in [5, 5.41) is 13.7. The molecular formula is C17H21N3O3S. The first-order valence-electron chi connectivity index (χ1n) is 7.83. The van der Waals surface area contributed by atoms with Crippen LogP contribution in [0.1, 0.15) is 29.4 Å². The van der Waals surface area contributed by atoms with E-state index < -0.39 is 0 Å². The molecule has 0 aliphatic carbocycles. The van der Waals surface area contributed by atoms with Crippen molar-refractivity contribution < 1.29 is 14.7 Å². The van der Waals surface area contributed by atoms with E-state index in [1.165, 1.54) is 16.2 Å². The monoisotopic (exact) mass is 347 g/mol. The van der Waals surface area contributed by atoms with Crippen LogP contribution in [-0.2, 0) is 11.2 Å². The van der Waals surface area contributed by atoms with Gasteiger partial charge >= 0.3 is 0 Å². The number of thiazole rings is 1. The maximum atomic E-state index is 12.2. The lowest BCUT2D eigenvalue weighted by Crippen LogP contribution is -2.33. The summed E-state index contributed by atoms with van der Waals surface area (Å²) in [5.74, 6) is -0.373. The Morgan fingerprint density at radius 1 is 1.29 bits per heavy atom. The van der Waals surface area contributed by atoms with Gasteiger partial charge in [-0.3, -0.25) is 9.59 Å². The van der Waals surface area contributed by atoms with Gasteiger partial charge in [0.1, 0.15) is 5.69 Å². The van der Waals surface area contributed by atoms with Crippen molar-refractivity contribution >= 4 is 28.3 Å². The zero-order chi connectivity index (χ0) is 17.4. The highest BCUT2D eigenvalue weighted by molar-refractivity contribution is 7.14. The molecule has 2 aromatic rings. The number of rotatable bonds is 8. The first-order chi connectivity index (χ1) is 11.6. The van der Waals surface area contributed by atoms with E-state index in [1.54, 1.807) is 5.38 Å². The number of benzene rings is 1. The number of aliphatic hydroxyl groups excluding tert-OH is 1. The smallest absolute Gasteiger partial charge is 0.273 e. The fourth-order valence-electron chi connectivity index (χ4n) is 2.20. The van der Waals surface area contributed by atoms with Gasteiger partial charge < -0.3 is 15.3 Å². The average molecular weight is 347 g/mol. The van der Waals surface area contributed by atoms with Crippen LogP contribution in [0.3, 0.4) is 0 Å². The molecule has 1 heterocycles. The van der Waals surface area contributed by atoms with E-state index in [2.05, 4.69) is 10.3 Å². The summed E-state index contributed by atoms with van der Waals surface area (Å²) < 4.78 is 0. The lowest BCUT2D eigenvalue weighted by atomic mass is 10.1. The zero-order valence-corrected chi connectivity index (χ0v) is 14.4. The molecule has 6 nitrogen and oxygen atoms in total. The lowest BCUT2D eigenvalue weighted by Gasteiger charge is -2.17. The molecule has 0 aliphatic rings. The van der Waals surface area contributed by atoms with Crippen LogP contribution in [0.2, 0.25) is 0 Å². The fraction of sp³-hybridized carbons (Fsp3) is 0.353. The molecule has 2 rings (SSSR count). The first kappa shape index (κ1) is 18.1. The Kier molecular flexibility index (Phi) is 6.89. The van der Waals surface area contributed by atoms with Crippen LogP contribution in [0.25, 0.3) is 0 Å². The second-order valence-corrected chi connectivity index (χ2v) is 6.04. The van der Waals surface area contributed by atoms with Crippen LogP contribution < -0.4 is 5.32 Å². The molecule has 0 spiro atoms. The van der Waals surface area contributed by atoms with Crippen molar-refractivity contribution in [3.8, 4) is 0 Å². The van der Waals surface area contributed by atoms with Gasteiger partial charge in [0, 0.05) is 24.9 Å². The van der Waals surface area contributed by atoms with Crippen molar-refractivity contribution in [2.75, 3.05) is 25.0 Å². The molecule has 1 aromatic heterocycles. The van der Waals surface area contributed by atoms with Gasteiger partial charge in [-0.1, -0.05) is 30.3 Å². The van der Waals surface area contributed by atoms with Crippen molar-refractivity contribution in [2.24, 2.45) is 0 Å². The topological polar surface area (TPSA) is 82.5 Å². The summed E-state index contributed by atoms with van der Waals surface area (Å²) in [4.78, 5) is 29.9. The Hall–Kier alpha value is -2.25. The number of hydrogen-bond acceptors (Lipinski definition) is 5. The first-order valence-corrected chi connectivity index (χ1v) is 8.71. The molecule has 0 bridgehead atoms. The number of hydrogen-bond donors (Lipinski definition) is 2. The molecule has 24 heavy (non-hydrogen) atoms. The van der Waals surface area contributed by atoms with Gasteiger partial charge in [-0.05, 0) is 18.9 Å². The van der Waals surface area contributed by atoms with E-state index in [9.17, 15) is 9.59 Å². The molecule has 0 atom stereocenters. The van der Waals surface area contributed by atoms with Gasteiger partial charge in [0.15, 0.2) is 5.13 Å². The summed E-state index contributed by atoms with van der Waals surface area (Å²) in [6.45, 7) is 2.51. The largest absolute Gasteiger partial charge is 0.395 e.